The third-order valence-electron chi connectivity index (χ3n) is 5.42. The molecule has 7 heteroatoms. The molecule has 3 aromatic heterocycles. The first-order valence-corrected chi connectivity index (χ1v) is 9.75. The Kier molecular flexibility index (Phi) is 3.43. The molecule has 7 nitrogen and oxygen atoms in total. The van der Waals surface area contributed by atoms with Crippen molar-refractivity contribution in [2.45, 2.75) is 18.9 Å². The molecule has 1 fully saturated rings. The largest absolute Gasteiger partial charge is 0.335 e. The molecule has 1 N–H and O–H groups in total. The highest BCUT2D eigenvalue weighted by atomic mass is 15.4. The molecular formula is C22H19N7. The summed E-state index contributed by atoms with van der Waals surface area (Å²) in [6.07, 6.45) is 6.05. The first-order valence-electron chi connectivity index (χ1n) is 9.75. The molecule has 1 aliphatic carbocycles. The number of rotatable bonds is 4. The van der Waals surface area contributed by atoms with Crippen LogP contribution >= 0.6 is 0 Å². The lowest BCUT2D eigenvalue weighted by Gasteiger charge is -2.01. The fourth-order valence-electron chi connectivity index (χ4n) is 3.69. The van der Waals surface area contributed by atoms with E-state index in [0.717, 1.165) is 39.2 Å². The van der Waals surface area contributed by atoms with Crippen molar-refractivity contribution in [3.05, 3.63) is 61.1 Å². The van der Waals surface area contributed by atoms with Gasteiger partial charge in [0.15, 0.2) is 5.82 Å². The molecule has 1 saturated carbocycles. The van der Waals surface area contributed by atoms with Crippen LogP contribution in [-0.2, 0) is 7.05 Å². The van der Waals surface area contributed by atoms with Gasteiger partial charge in [-0.1, -0.05) is 36.4 Å². The Morgan fingerprint density at radius 1 is 1.03 bits per heavy atom. The maximum atomic E-state index is 4.94. The van der Waals surface area contributed by atoms with Gasteiger partial charge in [0.1, 0.15) is 23.5 Å². The average molecular weight is 381 g/mol. The highest BCUT2D eigenvalue weighted by Gasteiger charge is 2.26. The number of hydrogen-bond donors (Lipinski definition) is 1. The van der Waals surface area contributed by atoms with Gasteiger partial charge in [-0.25, -0.2) is 14.6 Å². The zero-order chi connectivity index (χ0) is 19.4. The minimum Gasteiger partial charge on any atom is -0.335 e. The van der Waals surface area contributed by atoms with E-state index in [4.69, 9.17) is 10.1 Å². The highest BCUT2D eigenvalue weighted by Crippen LogP contribution is 2.36. The van der Waals surface area contributed by atoms with E-state index in [1.165, 1.54) is 12.8 Å². The molecule has 2 aromatic carbocycles. The second kappa shape index (κ2) is 6.13. The molecule has 5 aromatic rings. The quantitative estimate of drug-likeness (QED) is 0.505. The van der Waals surface area contributed by atoms with Crippen LogP contribution in [0.3, 0.4) is 0 Å². The van der Waals surface area contributed by atoms with Gasteiger partial charge in [-0.2, -0.15) is 5.10 Å². The lowest BCUT2D eigenvalue weighted by atomic mass is 10.1. The summed E-state index contributed by atoms with van der Waals surface area (Å²) in [5.74, 6) is 1.48. The average Bonchev–Trinajstić information content (AvgIpc) is 3.17. The lowest BCUT2D eigenvalue weighted by Crippen LogP contribution is -1.94. The van der Waals surface area contributed by atoms with Crippen LogP contribution in [-0.4, -0.2) is 34.5 Å². The van der Waals surface area contributed by atoms with Crippen molar-refractivity contribution < 1.29 is 0 Å². The van der Waals surface area contributed by atoms with Crippen molar-refractivity contribution >= 4 is 10.9 Å². The van der Waals surface area contributed by atoms with Gasteiger partial charge in [0.25, 0.3) is 0 Å². The standard InChI is InChI=1S/C22H19N7/c1-28-18-10-7-15(11-16(18)12-24-28)19-20(22-23-13-29(27-22)17-8-9-17)26-21(25-19)14-5-3-2-4-6-14/h2-7,10-13,17H,8-9H2,1H3,(H,25,26). The van der Waals surface area contributed by atoms with Crippen LogP contribution in [0.4, 0.5) is 0 Å². The van der Waals surface area contributed by atoms with Gasteiger partial charge in [0.05, 0.1) is 17.8 Å². The summed E-state index contributed by atoms with van der Waals surface area (Å²) < 4.78 is 3.84. The molecule has 0 bridgehead atoms. The Balaban J connectivity index is 1.53. The third kappa shape index (κ3) is 2.74. The van der Waals surface area contributed by atoms with Crippen LogP contribution in [0.15, 0.2) is 61.1 Å². The lowest BCUT2D eigenvalue weighted by molar-refractivity contribution is 0.641. The molecule has 3 heterocycles. The molecule has 0 atom stereocenters. The number of H-pyrrole nitrogens is 1. The number of nitrogens with one attached hydrogen (secondary N) is 1. The molecule has 0 radical (unpaired) electrons. The van der Waals surface area contributed by atoms with Gasteiger partial charge in [0.2, 0.25) is 0 Å². The van der Waals surface area contributed by atoms with E-state index in [1.807, 2.05) is 59.3 Å². The fraction of sp³-hybridized carbons (Fsp3) is 0.182. The van der Waals surface area contributed by atoms with Gasteiger partial charge in [-0.3, -0.25) is 4.68 Å². The minimum atomic E-state index is 0.489. The topological polar surface area (TPSA) is 77.2 Å². The fourth-order valence-corrected chi connectivity index (χ4v) is 3.69. The smallest absolute Gasteiger partial charge is 0.199 e. The van der Waals surface area contributed by atoms with Crippen molar-refractivity contribution in [3.63, 3.8) is 0 Å². The summed E-state index contributed by atoms with van der Waals surface area (Å²) in [6, 6.07) is 16.9. The van der Waals surface area contributed by atoms with Crippen molar-refractivity contribution in [1.82, 2.24) is 34.5 Å². The maximum absolute atomic E-state index is 4.94. The highest BCUT2D eigenvalue weighted by molar-refractivity contribution is 5.87. The van der Waals surface area contributed by atoms with E-state index in [0.29, 0.717) is 11.9 Å². The third-order valence-corrected chi connectivity index (χ3v) is 5.42. The van der Waals surface area contributed by atoms with E-state index < -0.39 is 0 Å². The normalized spacial score (nSPS) is 14.0. The molecular weight excluding hydrogens is 362 g/mol. The van der Waals surface area contributed by atoms with Crippen molar-refractivity contribution in [1.29, 1.82) is 0 Å². The van der Waals surface area contributed by atoms with Crippen LogP contribution in [0, 0.1) is 0 Å². The molecule has 0 unspecified atom stereocenters. The number of aromatic nitrogens is 7. The Morgan fingerprint density at radius 3 is 2.72 bits per heavy atom. The second-order valence-electron chi connectivity index (χ2n) is 7.50. The van der Waals surface area contributed by atoms with Crippen LogP contribution < -0.4 is 0 Å². The summed E-state index contributed by atoms with van der Waals surface area (Å²) in [7, 11) is 1.95. The number of hydrogen-bond acceptors (Lipinski definition) is 4. The van der Waals surface area contributed by atoms with Gasteiger partial charge < -0.3 is 4.98 Å². The molecule has 0 spiro atoms. The van der Waals surface area contributed by atoms with Gasteiger partial charge in [0, 0.05) is 23.6 Å². The number of aryl methyl sites for hydroxylation is 1. The predicted molar refractivity (Wildman–Crippen MR) is 111 cm³/mol. The summed E-state index contributed by atoms with van der Waals surface area (Å²) in [6.45, 7) is 0. The van der Waals surface area contributed by atoms with E-state index in [-0.39, 0.29) is 0 Å². The summed E-state index contributed by atoms with van der Waals surface area (Å²) >= 11 is 0. The van der Waals surface area contributed by atoms with Crippen LogP contribution in [0.2, 0.25) is 0 Å². The Morgan fingerprint density at radius 2 is 1.90 bits per heavy atom. The van der Waals surface area contributed by atoms with Crippen LogP contribution in [0.25, 0.3) is 45.1 Å². The van der Waals surface area contributed by atoms with E-state index in [1.54, 1.807) is 0 Å². The number of aromatic amines is 1. The van der Waals surface area contributed by atoms with Gasteiger partial charge in [-0.05, 0) is 25.0 Å². The molecule has 1 aliphatic rings. The zero-order valence-corrected chi connectivity index (χ0v) is 15.9. The summed E-state index contributed by atoms with van der Waals surface area (Å²) in [5.41, 5.74) is 4.82. The summed E-state index contributed by atoms with van der Waals surface area (Å²) in [5, 5.41) is 10.2. The molecule has 0 saturated heterocycles. The van der Waals surface area contributed by atoms with E-state index in [2.05, 4.69) is 33.3 Å². The predicted octanol–water partition coefficient (Wildman–Crippen LogP) is 4.22. The Hall–Kier alpha value is -3.74. The van der Waals surface area contributed by atoms with Crippen LogP contribution in [0.1, 0.15) is 18.9 Å². The Bertz CT molecular complexity index is 1320. The molecule has 6 rings (SSSR count). The second-order valence-corrected chi connectivity index (χ2v) is 7.50. The first kappa shape index (κ1) is 16.2. The van der Waals surface area contributed by atoms with E-state index >= 15 is 0 Å². The molecule has 0 aliphatic heterocycles. The summed E-state index contributed by atoms with van der Waals surface area (Å²) in [4.78, 5) is 13.0. The number of fused-ring (bicyclic) bond motifs is 1. The SMILES string of the molecule is Cn1ncc2cc(-c3nc(-c4ccccc4)[nH]c3-c3ncn(C4CC4)n3)ccc21. The molecule has 0 amide bonds. The maximum Gasteiger partial charge on any atom is 0.199 e. The van der Waals surface area contributed by atoms with Crippen molar-refractivity contribution in [3.8, 4) is 34.2 Å². The minimum absolute atomic E-state index is 0.489. The number of imidazole rings is 1. The zero-order valence-electron chi connectivity index (χ0n) is 15.9. The van der Waals surface area contributed by atoms with Crippen molar-refractivity contribution in [2.75, 3.05) is 0 Å². The number of nitrogens with zero attached hydrogens (tertiary/aromatic N) is 6. The molecule has 142 valence electrons. The van der Waals surface area contributed by atoms with Gasteiger partial charge >= 0.3 is 0 Å². The number of benzene rings is 2. The van der Waals surface area contributed by atoms with Gasteiger partial charge in [-0.15, -0.1) is 5.10 Å². The monoisotopic (exact) mass is 381 g/mol. The first-order chi connectivity index (χ1) is 14.3. The van der Waals surface area contributed by atoms with E-state index in [9.17, 15) is 0 Å². The van der Waals surface area contributed by atoms with Crippen molar-refractivity contribution in [2.24, 2.45) is 7.05 Å². The Labute approximate surface area is 167 Å². The molecule has 29 heavy (non-hydrogen) atoms. The van der Waals surface area contributed by atoms with Crippen LogP contribution in [0.5, 0.6) is 0 Å².